The smallest absolute Gasteiger partial charge is 0.390 e. The maximum atomic E-state index is 12.2. The zero-order valence-electron chi connectivity index (χ0n) is 13.1. The Hall–Kier alpha value is -2.97. The Morgan fingerprint density at radius 2 is 2.00 bits per heavy atom. The molecule has 0 unspecified atom stereocenters. The number of aromatic nitrogens is 3. The average molecular weight is 330 g/mol. The van der Waals surface area contributed by atoms with E-state index in [1.165, 1.54) is 12.7 Å². The third-order valence-electron chi connectivity index (χ3n) is 3.87. The predicted molar refractivity (Wildman–Crippen MR) is 87.8 cm³/mol. The number of hydrogen-bond donors (Lipinski definition) is 1. The van der Waals surface area contributed by atoms with E-state index in [1.54, 1.807) is 0 Å². The number of piperidine rings is 1. The highest BCUT2D eigenvalue weighted by molar-refractivity contribution is 5.94. The van der Waals surface area contributed by atoms with E-state index in [0.717, 1.165) is 42.0 Å². The monoisotopic (exact) mass is 330 g/mol. The second-order valence-corrected chi connectivity index (χ2v) is 5.61. The van der Waals surface area contributed by atoms with E-state index in [4.69, 9.17) is 0 Å². The van der Waals surface area contributed by atoms with Crippen LogP contribution in [0.15, 0.2) is 30.6 Å². The van der Waals surface area contributed by atoms with Crippen molar-refractivity contribution in [3.63, 3.8) is 0 Å². The van der Waals surface area contributed by atoms with E-state index < -0.39 is 10.9 Å². The number of benzene rings is 1. The first-order valence-corrected chi connectivity index (χ1v) is 7.81. The maximum absolute atomic E-state index is 12.2. The number of nitro groups is 1. The summed E-state index contributed by atoms with van der Waals surface area (Å²) in [6.45, 7) is 1.82. The molecule has 0 radical (unpaired) electrons. The summed E-state index contributed by atoms with van der Waals surface area (Å²) < 4.78 is 1.15. The number of carbonyl (C=O) groups is 1. The van der Waals surface area contributed by atoms with Crippen LogP contribution in [0, 0.1) is 10.1 Å². The molecule has 1 aliphatic heterocycles. The summed E-state index contributed by atoms with van der Waals surface area (Å²) in [5.74, 6) is -0.823. The molecule has 2 aromatic rings. The summed E-state index contributed by atoms with van der Waals surface area (Å²) >= 11 is 0. The highest BCUT2D eigenvalue weighted by atomic mass is 16.6. The van der Waals surface area contributed by atoms with E-state index in [1.807, 2.05) is 24.3 Å². The molecular weight excluding hydrogens is 312 g/mol. The van der Waals surface area contributed by atoms with Gasteiger partial charge in [0.2, 0.25) is 12.2 Å². The summed E-state index contributed by atoms with van der Waals surface area (Å²) in [6, 6.07) is 7.65. The molecule has 1 fully saturated rings. The number of hydrogen-bond acceptors (Lipinski definition) is 6. The van der Waals surface area contributed by atoms with E-state index in [0.29, 0.717) is 0 Å². The Morgan fingerprint density at radius 1 is 1.25 bits per heavy atom. The van der Waals surface area contributed by atoms with Crippen molar-refractivity contribution in [3.8, 4) is 0 Å². The fraction of sp³-hybridized carbons (Fsp3) is 0.400. The third-order valence-corrected chi connectivity index (χ3v) is 3.87. The van der Waals surface area contributed by atoms with Crippen molar-refractivity contribution in [2.45, 2.75) is 25.8 Å². The predicted octanol–water partition coefficient (Wildman–Crippen LogP) is 1.82. The van der Waals surface area contributed by atoms with Crippen molar-refractivity contribution < 1.29 is 9.72 Å². The summed E-state index contributed by atoms with van der Waals surface area (Å²) in [5.41, 5.74) is 1.73. The van der Waals surface area contributed by atoms with Crippen LogP contribution in [-0.4, -0.2) is 38.7 Å². The van der Waals surface area contributed by atoms with Gasteiger partial charge >= 0.3 is 5.95 Å². The first kappa shape index (κ1) is 15.9. The highest BCUT2D eigenvalue weighted by Crippen LogP contribution is 2.28. The molecule has 1 aromatic heterocycles. The number of nitrogens with zero attached hydrogens (tertiary/aromatic N) is 5. The van der Waals surface area contributed by atoms with Gasteiger partial charge in [0.25, 0.3) is 0 Å². The molecule has 24 heavy (non-hydrogen) atoms. The molecule has 1 saturated heterocycles. The van der Waals surface area contributed by atoms with Gasteiger partial charge in [-0.05, 0) is 36.3 Å². The molecule has 126 valence electrons. The van der Waals surface area contributed by atoms with Gasteiger partial charge in [-0.3, -0.25) is 4.79 Å². The molecule has 1 aromatic carbocycles. The highest BCUT2D eigenvalue weighted by Gasteiger charge is 2.18. The van der Waals surface area contributed by atoms with Gasteiger partial charge in [-0.1, -0.05) is 17.1 Å². The van der Waals surface area contributed by atoms with Gasteiger partial charge in [-0.2, -0.15) is 4.68 Å². The number of rotatable bonds is 5. The Balaban J connectivity index is 1.68. The summed E-state index contributed by atoms with van der Waals surface area (Å²) in [4.78, 5) is 27.9. The van der Waals surface area contributed by atoms with Crippen molar-refractivity contribution in [2.75, 3.05) is 23.3 Å². The van der Waals surface area contributed by atoms with Crippen molar-refractivity contribution >= 4 is 23.2 Å². The van der Waals surface area contributed by atoms with E-state index in [9.17, 15) is 14.9 Å². The molecule has 0 aliphatic carbocycles. The van der Waals surface area contributed by atoms with Crippen LogP contribution >= 0.6 is 0 Å². The molecule has 1 aliphatic rings. The Bertz CT molecular complexity index is 738. The van der Waals surface area contributed by atoms with Gasteiger partial charge < -0.3 is 20.3 Å². The number of carbonyl (C=O) groups excluding carboxylic acids is 1. The topological polar surface area (TPSA) is 106 Å². The largest absolute Gasteiger partial charge is 0.490 e. The zero-order valence-corrected chi connectivity index (χ0v) is 13.1. The van der Waals surface area contributed by atoms with E-state index in [2.05, 4.69) is 20.3 Å². The van der Waals surface area contributed by atoms with Gasteiger partial charge in [0, 0.05) is 18.2 Å². The fourth-order valence-corrected chi connectivity index (χ4v) is 2.77. The second-order valence-electron chi connectivity index (χ2n) is 5.61. The Morgan fingerprint density at radius 3 is 2.71 bits per heavy atom. The van der Waals surface area contributed by atoms with Gasteiger partial charge in [0.15, 0.2) is 0 Å². The van der Waals surface area contributed by atoms with Crippen LogP contribution in [0.4, 0.5) is 17.3 Å². The van der Waals surface area contributed by atoms with Gasteiger partial charge in [-0.25, -0.2) is 0 Å². The molecule has 0 saturated carbocycles. The Kier molecular flexibility index (Phi) is 4.69. The normalized spacial score (nSPS) is 14.4. The SMILES string of the molecule is O=C(Cn1cnc([N+](=O)[O-])n1)Nc1ccccc1N1CCCCC1. The lowest BCUT2D eigenvalue weighted by Crippen LogP contribution is -2.30. The van der Waals surface area contributed by atoms with Crippen molar-refractivity contribution in [3.05, 3.63) is 40.7 Å². The van der Waals surface area contributed by atoms with Gasteiger partial charge in [-0.15, -0.1) is 0 Å². The van der Waals surface area contributed by atoms with Crippen LogP contribution in [0.1, 0.15) is 19.3 Å². The van der Waals surface area contributed by atoms with Crippen molar-refractivity contribution in [1.29, 1.82) is 0 Å². The number of nitrogens with one attached hydrogen (secondary N) is 1. The summed E-state index contributed by atoms with van der Waals surface area (Å²) in [6.07, 6.45) is 4.69. The average Bonchev–Trinajstić information content (AvgIpc) is 3.05. The standard InChI is InChI=1S/C15H18N6O3/c22-14(10-20-11-16-15(18-20)21(23)24)17-12-6-2-3-7-13(12)19-8-4-1-5-9-19/h2-3,6-7,11H,1,4-5,8-10H2,(H,17,22). The van der Waals surface area contributed by atoms with Crippen LogP contribution in [0.5, 0.6) is 0 Å². The minimum absolute atomic E-state index is 0.130. The lowest BCUT2D eigenvalue weighted by molar-refractivity contribution is -0.394. The second kappa shape index (κ2) is 7.07. The molecule has 1 amide bonds. The molecule has 2 heterocycles. The molecule has 0 spiro atoms. The molecule has 3 rings (SSSR count). The number of para-hydroxylation sites is 2. The van der Waals surface area contributed by atoms with Crippen LogP contribution < -0.4 is 10.2 Å². The first-order valence-electron chi connectivity index (χ1n) is 7.81. The van der Waals surface area contributed by atoms with Gasteiger partial charge in [0.1, 0.15) is 6.54 Å². The molecule has 9 nitrogen and oxygen atoms in total. The lowest BCUT2D eigenvalue weighted by atomic mass is 10.1. The minimum atomic E-state index is -0.694. The number of amides is 1. The first-order chi connectivity index (χ1) is 11.6. The quantitative estimate of drug-likeness (QED) is 0.662. The molecule has 0 bridgehead atoms. The van der Waals surface area contributed by atoms with E-state index >= 15 is 0 Å². The van der Waals surface area contributed by atoms with Crippen LogP contribution in [-0.2, 0) is 11.3 Å². The Labute approximate surface area is 138 Å². The third kappa shape index (κ3) is 3.67. The van der Waals surface area contributed by atoms with Crippen molar-refractivity contribution in [2.24, 2.45) is 0 Å². The molecule has 0 atom stereocenters. The van der Waals surface area contributed by atoms with Crippen molar-refractivity contribution in [1.82, 2.24) is 14.8 Å². The fourth-order valence-electron chi connectivity index (χ4n) is 2.77. The minimum Gasteiger partial charge on any atom is -0.390 e. The van der Waals surface area contributed by atoms with Crippen LogP contribution in [0.3, 0.4) is 0 Å². The molecular formula is C15H18N6O3. The molecule has 1 N–H and O–H groups in total. The zero-order chi connectivity index (χ0) is 16.9. The summed E-state index contributed by atoms with van der Waals surface area (Å²) in [7, 11) is 0. The van der Waals surface area contributed by atoms with Crippen LogP contribution in [0.2, 0.25) is 0 Å². The number of anilines is 2. The van der Waals surface area contributed by atoms with Gasteiger partial charge in [0.05, 0.1) is 11.4 Å². The van der Waals surface area contributed by atoms with E-state index in [-0.39, 0.29) is 12.5 Å². The molecule has 9 heteroatoms. The van der Waals surface area contributed by atoms with Crippen LogP contribution in [0.25, 0.3) is 0 Å². The lowest BCUT2D eigenvalue weighted by Gasteiger charge is -2.30. The maximum Gasteiger partial charge on any atom is 0.490 e. The summed E-state index contributed by atoms with van der Waals surface area (Å²) in [5, 5.41) is 17.1.